The molecule has 0 heterocycles. The molecule has 0 spiro atoms. The van der Waals surface area contributed by atoms with E-state index >= 15 is 0 Å². The first-order valence-electron chi connectivity index (χ1n) is 4.60. The van der Waals surface area contributed by atoms with Gasteiger partial charge < -0.3 is 16.6 Å². The van der Waals surface area contributed by atoms with E-state index in [4.69, 9.17) is 33.0 Å². The number of aliphatic carboxylic acids is 1. The van der Waals surface area contributed by atoms with Crippen molar-refractivity contribution in [3.63, 3.8) is 0 Å². The average molecular weight is 336 g/mol. The highest BCUT2D eigenvalue weighted by atomic mass is 79.9. The summed E-state index contributed by atoms with van der Waals surface area (Å²) in [7, 11) is 0. The molecule has 0 fully saturated rings. The van der Waals surface area contributed by atoms with Crippen molar-refractivity contribution in [2.24, 2.45) is 21.7 Å². The van der Waals surface area contributed by atoms with Crippen molar-refractivity contribution in [2.75, 3.05) is 0 Å². The first-order valence-corrected chi connectivity index (χ1v) is 5.77. The predicted molar refractivity (Wildman–Crippen MR) is 75.9 cm³/mol. The highest BCUT2D eigenvalue weighted by Crippen LogP contribution is 2.22. The number of guanidine groups is 1. The predicted octanol–water partition coefficient (Wildman–Crippen LogP) is 1.80. The fraction of sp³-hybridized carbons (Fsp3) is 0.100. The third-order valence-corrected chi connectivity index (χ3v) is 2.38. The van der Waals surface area contributed by atoms with Gasteiger partial charge in [0.05, 0.1) is 11.2 Å². The summed E-state index contributed by atoms with van der Waals surface area (Å²) in [6.07, 6.45) is 1.48. The molecule has 1 rings (SSSR count). The molecule has 98 valence electrons. The maximum atomic E-state index is 9.00. The average Bonchev–Trinajstić information content (AvgIpc) is 2.21. The first-order chi connectivity index (χ1) is 8.34. The lowest BCUT2D eigenvalue weighted by Crippen LogP contribution is -2.21. The Morgan fingerprint density at radius 2 is 2.06 bits per heavy atom. The van der Waals surface area contributed by atoms with Gasteiger partial charge in [-0.3, -0.25) is 4.79 Å². The fourth-order valence-electron chi connectivity index (χ4n) is 0.787. The minimum absolute atomic E-state index is 0.0931. The second-order valence-electron chi connectivity index (χ2n) is 2.92. The Morgan fingerprint density at radius 3 is 2.50 bits per heavy atom. The van der Waals surface area contributed by atoms with Crippen molar-refractivity contribution in [1.29, 1.82) is 0 Å². The third kappa shape index (κ3) is 7.64. The number of benzene rings is 1. The standard InChI is InChI=1S/C8H8BrClN4.C2H4O2/c9-6-2-1-3-7(10)5(6)4-13-14-8(11)12;1-2(3)4/h1-4H,(H4,11,12,14);1H3,(H,3,4). The molecule has 18 heavy (non-hydrogen) atoms. The zero-order valence-corrected chi connectivity index (χ0v) is 11.8. The summed E-state index contributed by atoms with van der Waals surface area (Å²) in [5.74, 6) is -0.926. The van der Waals surface area contributed by atoms with Crippen molar-refractivity contribution < 1.29 is 9.90 Å². The van der Waals surface area contributed by atoms with Crippen LogP contribution in [0.4, 0.5) is 0 Å². The van der Waals surface area contributed by atoms with Crippen LogP contribution in [0.3, 0.4) is 0 Å². The van der Waals surface area contributed by atoms with Crippen molar-refractivity contribution in [1.82, 2.24) is 0 Å². The van der Waals surface area contributed by atoms with E-state index in [1.807, 2.05) is 12.1 Å². The Labute approximate surface area is 117 Å². The van der Waals surface area contributed by atoms with Crippen LogP contribution in [-0.2, 0) is 4.79 Å². The molecule has 0 amide bonds. The normalized spacial score (nSPS) is 9.50. The second kappa shape index (κ2) is 8.48. The quantitative estimate of drug-likeness (QED) is 0.434. The summed E-state index contributed by atoms with van der Waals surface area (Å²) in [5.41, 5.74) is 10.9. The Morgan fingerprint density at radius 1 is 1.50 bits per heavy atom. The van der Waals surface area contributed by atoms with Gasteiger partial charge in [0.25, 0.3) is 5.97 Å². The van der Waals surface area contributed by atoms with E-state index in [9.17, 15) is 0 Å². The summed E-state index contributed by atoms with van der Waals surface area (Å²) in [5, 5.41) is 15.1. The molecule has 0 saturated heterocycles. The molecule has 0 radical (unpaired) electrons. The smallest absolute Gasteiger partial charge is 0.300 e. The molecule has 0 aromatic heterocycles. The monoisotopic (exact) mass is 334 g/mol. The van der Waals surface area contributed by atoms with E-state index in [0.717, 1.165) is 17.0 Å². The van der Waals surface area contributed by atoms with Gasteiger partial charge in [-0.2, -0.15) is 5.10 Å². The number of carboxylic acids is 1. The van der Waals surface area contributed by atoms with Gasteiger partial charge >= 0.3 is 0 Å². The Balaban J connectivity index is 0.000000631. The van der Waals surface area contributed by atoms with E-state index in [1.165, 1.54) is 6.21 Å². The number of hydrogen-bond donors (Lipinski definition) is 3. The number of halogens is 2. The van der Waals surface area contributed by atoms with Gasteiger partial charge in [-0.25, -0.2) is 0 Å². The van der Waals surface area contributed by atoms with Gasteiger partial charge in [0.1, 0.15) is 0 Å². The first kappa shape index (κ1) is 16.4. The van der Waals surface area contributed by atoms with Gasteiger partial charge in [-0.1, -0.05) is 33.6 Å². The summed E-state index contributed by atoms with van der Waals surface area (Å²) in [6, 6.07) is 5.43. The Kier molecular flexibility index (Phi) is 7.73. The topological polar surface area (TPSA) is 114 Å². The molecule has 6 nitrogen and oxygen atoms in total. The number of hydrogen-bond acceptors (Lipinski definition) is 3. The number of nitrogens with zero attached hydrogens (tertiary/aromatic N) is 2. The van der Waals surface area contributed by atoms with E-state index in [0.29, 0.717) is 5.02 Å². The van der Waals surface area contributed by atoms with Gasteiger partial charge in [0.2, 0.25) is 5.96 Å². The highest BCUT2D eigenvalue weighted by Gasteiger charge is 2.00. The van der Waals surface area contributed by atoms with Crippen LogP contribution in [-0.4, -0.2) is 23.2 Å². The highest BCUT2D eigenvalue weighted by molar-refractivity contribution is 9.10. The van der Waals surface area contributed by atoms with Crippen LogP contribution < -0.4 is 11.5 Å². The van der Waals surface area contributed by atoms with Crippen LogP contribution in [0, 0.1) is 0 Å². The van der Waals surface area contributed by atoms with Gasteiger partial charge in [-0.05, 0) is 12.1 Å². The number of carboxylic acid groups (broad SMARTS) is 1. The van der Waals surface area contributed by atoms with Crippen LogP contribution in [0.25, 0.3) is 0 Å². The fourth-order valence-corrected chi connectivity index (χ4v) is 1.59. The lowest BCUT2D eigenvalue weighted by atomic mass is 10.2. The molecular weight excluding hydrogens is 323 g/mol. The van der Waals surface area contributed by atoms with Gasteiger partial charge in [0.15, 0.2) is 0 Å². The van der Waals surface area contributed by atoms with E-state index < -0.39 is 5.97 Å². The molecule has 0 unspecified atom stereocenters. The molecule has 1 aromatic carbocycles. The van der Waals surface area contributed by atoms with Crippen LogP contribution in [0.15, 0.2) is 32.9 Å². The molecule has 0 aliphatic rings. The zero-order chi connectivity index (χ0) is 14.1. The molecule has 0 aliphatic heterocycles. The minimum atomic E-state index is -0.833. The molecule has 5 N–H and O–H groups in total. The minimum Gasteiger partial charge on any atom is -0.481 e. The molecule has 0 saturated carbocycles. The Bertz CT molecular complexity index is 449. The van der Waals surface area contributed by atoms with Crippen LogP contribution in [0.5, 0.6) is 0 Å². The number of nitrogens with two attached hydrogens (primary N) is 2. The summed E-state index contributed by atoms with van der Waals surface area (Å²) in [6.45, 7) is 1.08. The lowest BCUT2D eigenvalue weighted by molar-refractivity contribution is -0.134. The van der Waals surface area contributed by atoms with Gasteiger partial charge in [-0.15, -0.1) is 5.10 Å². The number of carbonyl (C=O) groups is 1. The molecule has 8 heteroatoms. The molecule has 0 bridgehead atoms. The summed E-state index contributed by atoms with van der Waals surface area (Å²) in [4.78, 5) is 9.00. The molecule has 0 aliphatic carbocycles. The maximum Gasteiger partial charge on any atom is 0.300 e. The summed E-state index contributed by atoms with van der Waals surface area (Å²) >= 11 is 9.24. The van der Waals surface area contributed by atoms with Crippen molar-refractivity contribution >= 4 is 45.7 Å². The maximum absolute atomic E-state index is 9.00. The largest absolute Gasteiger partial charge is 0.481 e. The lowest BCUT2D eigenvalue weighted by Gasteiger charge is -1.98. The molecule has 1 aromatic rings. The van der Waals surface area contributed by atoms with Crippen LogP contribution in [0.1, 0.15) is 12.5 Å². The van der Waals surface area contributed by atoms with Crippen LogP contribution in [0.2, 0.25) is 5.02 Å². The second-order valence-corrected chi connectivity index (χ2v) is 4.19. The zero-order valence-electron chi connectivity index (χ0n) is 9.47. The van der Waals surface area contributed by atoms with E-state index in [2.05, 4.69) is 26.1 Å². The van der Waals surface area contributed by atoms with E-state index in [1.54, 1.807) is 6.07 Å². The number of rotatable bonds is 2. The SMILES string of the molecule is CC(=O)O.NC(N)=NN=Cc1c(Cl)cccc1Br. The van der Waals surface area contributed by atoms with Crippen LogP contribution >= 0.6 is 27.5 Å². The van der Waals surface area contributed by atoms with Crippen molar-refractivity contribution in [2.45, 2.75) is 6.92 Å². The third-order valence-electron chi connectivity index (χ3n) is 1.36. The summed E-state index contributed by atoms with van der Waals surface area (Å²) < 4.78 is 0.833. The molecular formula is C10H12BrClN4O2. The van der Waals surface area contributed by atoms with Gasteiger partial charge in [0, 0.05) is 17.0 Å². The van der Waals surface area contributed by atoms with E-state index in [-0.39, 0.29) is 5.96 Å². The Hall–Kier alpha value is -1.60. The van der Waals surface area contributed by atoms with Crippen molar-refractivity contribution in [3.8, 4) is 0 Å². The molecule has 0 atom stereocenters. The van der Waals surface area contributed by atoms with Crippen molar-refractivity contribution in [3.05, 3.63) is 33.3 Å².